The summed E-state index contributed by atoms with van der Waals surface area (Å²) in [5.74, 6) is 0.713. The average Bonchev–Trinajstić information content (AvgIpc) is 3.64. The van der Waals surface area contributed by atoms with Crippen molar-refractivity contribution in [3.05, 3.63) is 47.3 Å². The Balaban J connectivity index is 1.30. The number of carbonyl (C=O) groups is 2. The first kappa shape index (κ1) is 24.8. The molecule has 1 aromatic carbocycles. The highest BCUT2D eigenvalue weighted by atomic mass is 16.5. The van der Waals surface area contributed by atoms with Gasteiger partial charge in [0.1, 0.15) is 5.75 Å². The second kappa shape index (κ2) is 10.2. The van der Waals surface area contributed by atoms with Crippen LogP contribution in [0.15, 0.2) is 30.5 Å². The van der Waals surface area contributed by atoms with Gasteiger partial charge in [-0.3, -0.25) is 14.3 Å². The molecule has 3 aliphatic rings. The topological polar surface area (TPSA) is 117 Å². The largest absolute Gasteiger partial charge is 0.483 e. The Morgan fingerprint density at radius 1 is 1.19 bits per heavy atom. The van der Waals surface area contributed by atoms with Crippen molar-refractivity contribution in [3.8, 4) is 5.75 Å². The molecule has 36 heavy (non-hydrogen) atoms. The van der Waals surface area contributed by atoms with E-state index in [1.165, 1.54) is 0 Å². The fraction of sp³-hybridized carbons (Fsp3) is 0.593. The number of likely N-dealkylation sites (tertiary alicyclic amines) is 1. The van der Waals surface area contributed by atoms with Gasteiger partial charge in [-0.05, 0) is 56.1 Å². The minimum atomic E-state index is -0.958. The third-order valence-corrected chi connectivity index (χ3v) is 7.93. The molecule has 0 bridgehead atoms. The number of piperidine rings is 1. The summed E-state index contributed by atoms with van der Waals surface area (Å²) in [7, 11) is 0. The molecule has 2 fully saturated rings. The molecule has 1 saturated heterocycles. The van der Waals surface area contributed by atoms with Crippen molar-refractivity contribution >= 4 is 11.8 Å². The monoisotopic (exact) mass is 496 g/mol. The fourth-order valence-electron chi connectivity index (χ4n) is 5.46. The lowest BCUT2D eigenvalue weighted by Gasteiger charge is -2.43. The van der Waals surface area contributed by atoms with E-state index < -0.39 is 17.6 Å². The van der Waals surface area contributed by atoms with Gasteiger partial charge in [0, 0.05) is 44.7 Å². The molecule has 194 valence electrons. The highest BCUT2D eigenvalue weighted by molar-refractivity contribution is 5.95. The second-order valence-corrected chi connectivity index (χ2v) is 10.6. The Bertz CT molecular complexity index is 1100. The molecule has 9 nitrogen and oxygen atoms in total. The number of benzene rings is 1. The van der Waals surface area contributed by atoms with E-state index in [1.54, 1.807) is 6.07 Å². The SMILES string of the molecule is CCn1cc(C(=O)N2CCC3(CC2)CNC(=O)COc2ccccc2C[C@H](O)[C@H](O)C3)c(C2CC2)n1. The molecule has 9 heteroatoms. The predicted octanol–water partition coefficient (Wildman–Crippen LogP) is 1.87. The molecule has 0 unspecified atom stereocenters. The van der Waals surface area contributed by atoms with Gasteiger partial charge in [0.15, 0.2) is 6.61 Å². The first-order valence-electron chi connectivity index (χ1n) is 13.1. The van der Waals surface area contributed by atoms with Gasteiger partial charge in [0.25, 0.3) is 11.8 Å². The van der Waals surface area contributed by atoms with Crippen LogP contribution in [0.4, 0.5) is 0 Å². The lowest BCUT2D eigenvalue weighted by atomic mass is 9.73. The Morgan fingerprint density at radius 2 is 1.94 bits per heavy atom. The minimum absolute atomic E-state index is 0.00855. The number of fused-ring (bicyclic) bond motifs is 1. The van der Waals surface area contributed by atoms with E-state index in [4.69, 9.17) is 4.74 Å². The zero-order valence-electron chi connectivity index (χ0n) is 20.9. The lowest BCUT2D eigenvalue weighted by molar-refractivity contribution is -0.124. The number of aliphatic hydroxyl groups is 2. The maximum absolute atomic E-state index is 13.4. The number of aromatic nitrogens is 2. The van der Waals surface area contributed by atoms with Crippen LogP contribution in [0.2, 0.25) is 0 Å². The van der Waals surface area contributed by atoms with E-state index in [9.17, 15) is 19.8 Å². The maximum atomic E-state index is 13.4. The van der Waals surface area contributed by atoms with Crippen LogP contribution in [-0.2, 0) is 17.8 Å². The summed E-state index contributed by atoms with van der Waals surface area (Å²) in [6, 6.07) is 7.27. The van der Waals surface area contributed by atoms with Gasteiger partial charge >= 0.3 is 0 Å². The third-order valence-electron chi connectivity index (χ3n) is 7.93. The van der Waals surface area contributed by atoms with Crippen LogP contribution >= 0.6 is 0 Å². The van der Waals surface area contributed by atoms with Gasteiger partial charge in [-0.15, -0.1) is 0 Å². The second-order valence-electron chi connectivity index (χ2n) is 10.6. The van der Waals surface area contributed by atoms with Crippen molar-refractivity contribution in [2.75, 3.05) is 26.2 Å². The average molecular weight is 497 g/mol. The van der Waals surface area contributed by atoms with Crippen molar-refractivity contribution in [2.45, 2.75) is 70.1 Å². The Morgan fingerprint density at radius 3 is 2.67 bits per heavy atom. The number of amides is 2. The molecule has 3 N–H and O–H groups in total. The molecule has 0 radical (unpaired) electrons. The number of nitrogens with zero attached hydrogens (tertiary/aromatic N) is 3. The predicted molar refractivity (Wildman–Crippen MR) is 133 cm³/mol. The number of nitrogens with one attached hydrogen (secondary N) is 1. The Hall–Kier alpha value is -2.91. The number of hydrogen-bond donors (Lipinski definition) is 3. The summed E-state index contributed by atoms with van der Waals surface area (Å²) in [6.45, 7) is 4.05. The third kappa shape index (κ3) is 5.27. The molecule has 2 aromatic rings. The van der Waals surface area contributed by atoms with Crippen LogP contribution < -0.4 is 10.1 Å². The van der Waals surface area contributed by atoms with Gasteiger partial charge in [0.2, 0.25) is 0 Å². The summed E-state index contributed by atoms with van der Waals surface area (Å²) in [5, 5.41) is 29.4. The molecule has 2 amide bonds. The molecule has 1 aliphatic carbocycles. The van der Waals surface area contributed by atoms with Crippen molar-refractivity contribution < 1.29 is 24.5 Å². The molecule has 5 rings (SSSR count). The maximum Gasteiger partial charge on any atom is 0.257 e. The van der Waals surface area contributed by atoms with E-state index in [2.05, 4.69) is 10.4 Å². The van der Waals surface area contributed by atoms with Crippen LogP contribution in [0, 0.1) is 5.41 Å². The molecule has 1 saturated carbocycles. The number of aryl methyl sites for hydroxylation is 1. The number of rotatable bonds is 3. The van der Waals surface area contributed by atoms with Crippen LogP contribution in [0.5, 0.6) is 5.75 Å². The molecule has 1 spiro atoms. The van der Waals surface area contributed by atoms with Crippen molar-refractivity contribution in [1.82, 2.24) is 20.0 Å². The lowest BCUT2D eigenvalue weighted by Crippen LogP contribution is -2.51. The first-order valence-corrected chi connectivity index (χ1v) is 13.1. The summed E-state index contributed by atoms with van der Waals surface area (Å²) in [5.41, 5.74) is 1.96. The number of carbonyl (C=O) groups excluding carboxylic acids is 2. The van der Waals surface area contributed by atoms with Gasteiger partial charge in [-0.25, -0.2) is 0 Å². The smallest absolute Gasteiger partial charge is 0.257 e. The van der Waals surface area contributed by atoms with E-state index >= 15 is 0 Å². The Kier molecular flexibility index (Phi) is 7.03. The molecule has 2 aliphatic heterocycles. The number of ether oxygens (including phenoxy) is 1. The number of aliphatic hydroxyl groups excluding tert-OH is 2. The van der Waals surface area contributed by atoms with Gasteiger partial charge in [0.05, 0.1) is 23.5 Å². The van der Waals surface area contributed by atoms with Crippen molar-refractivity contribution in [3.63, 3.8) is 0 Å². The molecular weight excluding hydrogens is 460 g/mol. The standard InChI is InChI=1S/C27H36N4O5/c1-2-31-15-20(25(29-31)18-7-8-18)26(35)30-11-9-27(10-12-30)14-22(33)21(32)13-19-5-3-4-6-23(19)36-16-24(34)28-17-27/h3-6,15,18,21-22,32-33H,2,7-14,16-17H2,1H3,(H,28,34)/t21-,22+/m0/s1. The van der Waals surface area contributed by atoms with Crippen LogP contribution in [-0.4, -0.2) is 75.2 Å². The zero-order chi connectivity index (χ0) is 25.3. The highest BCUT2D eigenvalue weighted by Gasteiger charge is 2.41. The zero-order valence-corrected chi connectivity index (χ0v) is 20.9. The van der Waals surface area contributed by atoms with E-state index in [0.29, 0.717) is 56.1 Å². The van der Waals surface area contributed by atoms with Crippen LogP contribution in [0.1, 0.15) is 66.6 Å². The highest BCUT2D eigenvalue weighted by Crippen LogP contribution is 2.42. The van der Waals surface area contributed by atoms with Crippen molar-refractivity contribution in [2.24, 2.45) is 5.41 Å². The summed E-state index contributed by atoms with van der Waals surface area (Å²) in [6.07, 6.45) is 3.96. The number of hydrogen-bond acceptors (Lipinski definition) is 6. The fourth-order valence-corrected chi connectivity index (χ4v) is 5.46. The summed E-state index contributed by atoms with van der Waals surface area (Å²) >= 11 is 0. The van der Waals surface area contributed by atoms with Gasteiger partial charge in [-0.1, -0.05) is 18.2 Å². The quantitative estimate of drug-likeness (QED) is 0.597. The summed E-state index contributed by atoms with van der Waals surface area (Å²) in [4.78, 5) is 27.9. The molecule has 3 heterocycles. The summed E-state index contributed by atoms with van der Waals surface area (Å²) < 4.78 is 7.55. The van der Waals surface area contributed by atoms with E-state index in [1.807, 2.05) is 40.9 Å². The van der Waals surface area contributed by atoms with Crippen LogP contribution in [0.25, 0.3) is 0 Å². The molecule has 2 atom stereocenters. The number of para-hydroxylation sites is 1. The van der Waals surface area contributed by atoms with Gasteiger partial charge < -0.3 is 25.2 Å². The van der Waals surface area contributed by atoms with E-state index in [0.717, 1.165) is 30.6 Å². The van der Waals surface area contributed by atoms with Gasteiger partial charge in [-0.2, -0.15) is 5.10 Å². The molecular formula is C27H36N4O5. The minimum Gasteiger partial charge on any atom is -0.483 e. The Labute approximate surface area is 211 Å². The molecule has 1 aromatic heterocycles. The normalized spacial score (nSPS) is 24.8. The van der Waals surface area contributed by atoms with Crippen LogP contribution in [0.3, 0.4) is 0 Å². The van der Waals surface area contributed by atoms with Crippen molar-refractivity contribution in [1.29, 1.82) is 0 Å². The van der Waals surface area contributed by atoms with E-state index in [-0.39, 0.29) is 24.8 Å². The first-order chi connectivity index (χ1) is 17.4.